The van der Waals surface area contributed by atoms with E-state index in [1.165, 1.54) is 5.56 Å². The smallest absolute Gasteiger partial charge is 0.248 e. The molecule has 0 radical (unpaired) electrons. The molecular weight excluding hydrogens is 212 g/mol. The number of hydrogen-bond donors (Lipinski definition) is 2. The fraction of sp³-hybridized carbons (Fsp3) is 0.500. The van der Waals surface area contributed by atoms with Gasteiger partial charge in [0.1, 0.15) is 0 Å². The van der Waals surface area contributed by atoms with E-state index in [-0.39, 0.29) is 5.91 Å². The maximum Gasteiger partial charge on any atom is 0.248 e. The minimum absolute atomic E-state index is 0.372. The monoisotopic (exact) mass is 234 g/mol. The van der Waals surface area contributed by atoms with E-state index in [1.807, 2.05) is 19.1 Å². The maximum absolute atomic E-state index is 11.0. The van der Waals surface area contributed by atoms with E-state index in [2.05, 4.69) is 26.1 Å². The van der Waals surface area contributed by atoms with Crippen molar-refractivity contribution in [1.82, 2.24) is 5.32 Å². The predicted octanol–water partition coefficient (Wildman–Crippen LogP) is 2.23. The Morgan fingerprint density at radius 2 is 2.00 bits per heavy atom. The summed E-state index contributed by atoms with van der Waals surface area (Å²) in [4.78, 5) is 11.0. The highest BCUT2D eigenvalue weighted by molar-refractivity contribution is 5.93. The first-order valence-corrected chi connectivity index (χ1v) is 6.04. The van der Waals surface area contributed by atoms with Gasteiger partial charge in [-0.2, -0.15) is 0 Å². The number of amides is 1. The van der Waals surface area contributed by atoms with Crippen LogP contribution in [0.2, 0.25) is 0 Å². The summed E-state index contributed by atoms with van der Waals surface area (Å²) in [5.41, 5.74) is 8.12. The lowest BCUT2D eigenvalue weighted by molar-refractivity contribution is 0.1000. The van der Waals surface area contributed by atoms with Gasteiger partial charge in [0.25, 0.3) is 0 Å². The Hall–Kier alpha value is -1.35. The molecule has 1 unspecified atom stereocenters. The highest BCUT2D eigenvalue weighted by atomic mass is 16.1. The number of aryl methyl sites for hydroxylation is 1. The molecule has 17 heavy (non-hydrogen) atoms. The molecule has 0 aliphatic rings. The minimum Gasteiger partial charge on any atom is -0.366 e. The van der Waals surface area contributed by atoms with Crippen LogP contribution in [0.25, 0.3) is 0 Å². The lowest BCUT2D eigenvalue weighted by Gasteiger charge is -2.18. The van der Waals surface area contributed by atoms with Crippen LogP contribution in [0.3, 0.4) is 0 Å². The lowest BCUT2D eigenvalue weighted by Crippen LogP contribution is -2.30. The standard InChI is InChI=1S/C14H22N2O/c1-9(2)11(4)16-8-13-6-5-12(14(15)17)7-10(13)3/h5-7,9,11,16H,8H2,1-4H3,(H2,15,17). The third kappa shape index (κ3) is 3.86. The molecule has 3 heteroatoms. The number of nitrogens with two attached hydrogens (primary N) is 1. The van der Waals surface area contributed by atoms with E-state index in [4.69, 9.17) is 5.73 Å². The van der Waals surface area contributed by atoms with E-state index >= 15 is 0 Å². The number of nitrogens with one attached hydrogen (secondary N) is 1. The van der Waals surface area contributed by atoms with Crippen molar-refractivity contribution in [1.29, 1.82) is 0 Å². The molecule has 0 bridgehead atoms. The van der Waals surface area contributed by atoms with Crippen molar-refractivity contribution >= 4 is 5.91 Å². The zero-order valence-electron chi connectivity index (χ0n) is 11.1. The molecule has 0 aliphatic carbocycles. The summed E-state index contributed by atoms with van der Waals surface area (Å²) >= 11 is 0. The van der Waals surface area contributed by atoms with Crippen LogP contribution in [-0.2, 0) is 6.54 Å². The minimum atomic E-state index is -0.372. The van der Waals surface area contributed by atoms with Crippen LogP contribution in [-0.4, -0.2) is 11.9 Å². The Labute approximate surface area is 103 Å². The van der Waals surface area contributed by atoms with Crippen LogP contribution in [0.4, 0.5) is 0 Å². The summed E-state index contributed by atoms with van der Waals surface area (Å²) in [6.45, 7) is 9.40. The number of benzene rings is 1. The van der Waals surface area contributed by atoms with Gasteiger partial charge in [0.05, 0.1) is 0 Å². The van der Waals surface area contributed by atoms with Crippen LogP contribution in [0.1, 0.15) is 42.3 Å². The molecule has 3 N–H and O–H groups in total. The molecule has 0 spiro atoms. The van der Waals surface area contributed by atoms with Crippen molar-refractivity contribution in [3.05, 3.63) is 34.9 Å². The van der Waals surface area contributed by atoms with Gasteiger partial charge in [-0.3, -0.25) is 4.79 Å². The fourth-order valence-corrected chi connectivity index (χ4v) is 1.55. The Morgan fingerprint density at radius 1 is 1.35 bits per heavy atom. The van der Waals surface area contributed by atoms with Crippen LogP contribution in [0.15, 0.2) is 18.2 Å². The number of rotatable bonds is 5. The van der Waals surface area contributed by atoms with Crippen molar-refractivity contribution in [3.8, 4) is 0 Å². The van der Waals surface area contributed by atoms with Gasteiger partial charge in [0.15, 0.2) is 0 Å². The molecule has 0 aliphatic heterocycles. The second-order valence-corrected chi connectivity index (χ2v) is 4.92. The highest BCUT2D eigenvalue weighted by Gasteiger charge is 2.08. The Kier molecular flexibility index (Phi) is 4.70. The average molecular weight is 234 g/mol. The van der Waals surface area contributed by atoms with E-state index in [0.717, 1.165) is 12.1 Å². The zero-order valence-corrected chi connectivity index (χ0v) is 11.1. The second-order valence-electron chi connectivity index (χ2n) is 4.92. The van der Waals surface area contributed by atoms with Gasteiger partial charge < -0.3 is 11.1 Å². The van der Waals surface area contributed by atoms with E-state index in [0.29, 0.717) is 17.5 Å². The SMILES string of the molecule is Cc1cc(C(N)=O)ccc1CNC(C)C(C)C. The third-order valence-electron chi connectivity index (χ3n) is 3.24. The molecule has 0 heterocycles. The maximum atomic E-state index is 11.0. The van der Waals surface area contributed by atoms with Crippen molar-refractivity contribution in [2.24, 2.45) is 11.7 Å². The summed E-state index contributed by atoms with van der Waals surface area (Å²) in [7, 11) is 0. The molecular formula is C14H22N2O. The molecule has 0 saturated heterocycles. The molecule has 0 fully saturated rings. The number of carbonyl (C=O) groups is 1. The van der Waals surface area contributed by atoms with Gasteiger partial charge in [-0.05, 0) is 43.0 Å². The molecule has 94 valence electrons. The van der Waals surface area contributed by atoms with E-state index in [9.17, 15) is 4.79 Å². The normalized spacial score (nSPS) is 12.8. The molecule has 1 rings (SSSR count). The first-order chi connectivity index (χ1) is 7.91. The van der Waals surface area contributed by atoms with Crippen molar-refractivity contribution in [2.75, 3.05) is 0 Å². The van der Waals surface area contributed by atoms with Crippen LogP contribution in [0, 0.1) is 12.8 Å². The number of carbonyl (C=O) groups excluding carboxylic acids is 1. The van der Waals surface area contributed by atoms with Crippen molar-refractivity contribution in [2.45, 2.75) is 40.3 Å². The summed E-state index contributed by atoms with van der Waals surface area (Å²) in [6, 6.07) is 6.08. The first kappa shape index (κ1) is 13.7. The molecule has 1 amide bonds. The van der Waals surface area contributed by atoms with Crippen LogP contribution in [0.5, 0.6) is 0 Å². The van der Waals surface area contributed by atoms with Crippen LogP contribution >= 0.6 is 0 Å². The Balaban J connectivity index is 2.70. The largest absolute Gasteiger partial charge is 0.366 e. The number of primary amides is 1. The van der Waals surface area contributed by atoms with Gasteiger partial charge in [-0.15, -0.1) is 0 Å². The third-order valence-corrected chi connectivity index (χ3v) is 3.24. The van der Waals surface area contributed by atoms with Gasteiger partial charge in [-0.1, -0.05) is 19.9 Å². The molecule has 0 aromatic heterocycles. The van der Waals surface area contributed by atoms with Gasteiger partial charge in [0, 0.05) is 18.2 Å². The zero-order chi connectivity index (χ0) is 13.0. The van der Waals surface area contributed by atoms with Crippen LogP contribution < -0.4 is 11.1 Å². The van der Waals surface area contributed by atoms with Gasteiger partial charge >= 0.3 is 0 Å². The Morgan fingerprint density at radius 3 is 2.47 bits per heavy atom. The molecule has 0 saturated carbocycles. The molecule has 1 atom stereocenters. The second kappa shape index (κ2) is 5.82. The van der Waals surface area contributed by atoms with Crippen molar-refractivity contribution < 1.29 is 4.79 Å². The van der Waals surface area contributed by atoms with E-state index < -0.39 is 0 Å². The van der Waals surface area contributed by atoms with Gasteiger partial charge in [-0.25, -0.2) is 0 Å². The molecule has 1 aromatic rings. The molecule has 3 nitrogen and oxygen atoms in total. The van der Waals surface area contributed by atoms with Crippen molar-refractivity contribution in [3.63, 3.8) is 0 Å². The average Bonchev–Trinajstić information content (AvgIpc) is 2.26. The fourth-order valence-electron chi connectivity index (χ4n) is 1.55. The predicted molar refractivity (Wildman–Crippen MR) is 70.8 cm³/mol. The highest BCUT2D eigenvalue weighted by Crippen LogP contribution is 2.11. The first-order valence-electron chi connectivity index (χ1n) is 6.04. The molecule has 1 aromatic carbocycles. The topological polar surface area (TPSA) is 55.1 Å². The summed E-state index contributed by atoms with van der Waals surface area (Å²) in [6.07, 6.45) is 0. The van der Waals surface area contributed by atoms with Gasteiger partial charge in [0.2, 0.25) is 5.91 Å². The number of hydrogen-bond acceptors (Lipinski definition) is 2. The Bertz CT molecular complexity index is 399. The summed E-state index contributed by atoms with van der Waals surface area (Å²) in [5.74, 6) is 0.239. The summed E-state index contributed by atoms with van der Waals surface area (Å²) < 4.78 is 0. The lowest BCUT2D eigenvalue weighted by atomic mass is 10.0. The summed E-state index contributed by atoms with van der Waals surface area (Å²) in [5, 5.41) is 3.47. The quantitative estimate of drug-likeness (QED) is 0.821. The van der Waals surface area contributed by atoms with E-state index in [1.54, 1.807) is 6.07 Å².